The molecule has 2 rings (SSSR count). The van der Waals surface area contributed by atoms with Gasteiger partial charge in [-0.05, 0) is 42.5 Å². The van der Waals surface area contributed by atoms with E-state index in [-0.39, 0.29) is 5.82 Å². The average Bonchev–Trinajstić information content (AvgIpc) is 2.40. The van der Waals surface area contributed by atoms with Gasteiger partial charge in [0.25, 0.3) is 0 Å². The van der Waals surface area contributed by atoms with Crippen molar-refractivity contribution in [3.63, 3.8) is 0 Å². The fraction of sp³-hybridized carbons (Fsp3) is 0.625. The number of rotatable bonds is 4. The molecule has 3 heteroatoms. The molecule has 1 N–H and O–H groups in total. The number of aryl methyl sites for hydroxylation is 1. The van der Waals surface area contributed by atoms with Crippen molar-refractivity contribution in [1.82, 2.24) is 10.2 Å². The van der Waals surface area contributed by atoms with Gasteiger partial charge in [0.2, 0.25) is 0 Å². The highest BCUT2D eigenvalue weighted by atomic mass is 19.1. The predicted octanol–water partition coefficient (Wildman–Crippen LogP) is 3.13. The number of hydrogen-bond donors (Lipinski definition) is 1. The van der Waals surface area contributed by atoms with Gasteiger partial charge in [-0.2, -0.15) is 0 Å². The molecule has 0 aliphatic carbocycles. The second-order valence-corrected chi connectivity index (χ2v) is 5.93. The van der Waals surface area contributed by atoms with Gasteiger partial charge in [-0.25, -0.2) is 4.39 Å². The van der Waals surface area contributed by atoms with Gasteiger partial charge in [-0.1, -0.05) is 19.9 Å². The quantitative estimate of drug-likeness (QED) is 0.899. The molecule has 0 spiro atoms. The molecule has 1 aliphatic rings. The van der Waals surface area contributed by atoms with Crippen LogP contribution in [0.3, 0.4) is 0 Å². The lowest BCUT2D eigenvalue weighted by Gasteiger charge is -2.37. The van der Waals surface area contributed by atoms with Crippen molar-refractivity contribution in [2.24, 2.45) is 5.92 Å². The Morgan fingerprint density at radius 3 is 2.58 bits per heavy atom. The molecule has 1 saturated heterocycles. The summed E-state index contributed by atoms with van der Waals surface area (Å²) in [6.45, 7) is 10.7. The van der Waals surface area contributed by atoms with Crippen LogP contribution in [-0.4, -0.2) is 31.1 Å². The van der Waals surface area contributed by atoms with Gasteiger partial charge in [-0.3, -0.25) is 4.90 Å². The first-order chi connectivity index (χ1) is 9.08. The van der Waals surface area contributed by atoms with Gasteiger partial charge in [0.15, 0.2) is 0 Å². The van der Waals surface area contributed by atoms with Crippen LogP contribution in [-0.2, 0) is 0 Å². The monoisotopic (exact) mass is 264 g/mol. The summed E-state index contributed by atoms with van der Waals surface area (Å²) in [6.07, 6.45) is 1.09. The normalized spacial score (nSPS) is 18.8. The number of hydrogen-bond acceptors (Lipinski definition) is 2. The molecule has 106 valence electrons. The molecular weight excluding hydrogens is 239 g/mol. The van der Waals surface area contributed by atoms with Crippen LogP contribution in [0.4, 0.5) is 4.39 Å². The molecule has 0 aromatic heterocycles. The summed E-state index contributed by atoms with van der Waals surface area (Å²) in [7, 11) is 0. The van der Waals surface area contributed by atoms with Crippen LogP contribution in [0.5, 0.6) is 0 Å². The van der Waals surface area contributed by atoms with Gasteiger partial charge in [0, 0.05) is 32.2 Å². The van der Waals surface area contributed by atoms with Crippen molar-refractivity contribution in [2.75, 3.05) is 26.2 Å². The van der Waals surface area contributed by atoms with Crippen molar-refractivity contribution < 1.29 is 4.39 Å². The Balaban J connectivity index is 2.27. The Hall–Kier alpha value is -0.930. The number of piperazine rings is 1. The fourth-order valence-electron chi connectivity index (χ4n) is 2.88. The lowest BCUT2D eigenvalue weighted by atomic mass is 9.92. The zero-order valence-corrected chi connectivity index (χ0v) is 12.2. The molecule has 1 fully saturated rings. The summed E-state index contributed by atoms with van der Waals surface area (Å²) in [5.74, 6) is 0.493. The van der Waals surface area contributed by atoms with Gasteiger partial charge >= 0.3 is 0 Å². The summed E-state index contributed by atoms with van der Waals surface area (Å²) < 4.78 is 13.6. The zero-order chi connectivity index (χ0) is 13.8. The van der Waals surface area contributed by atoms with E-state index >= 15 is 0 Å². The lowest BCUT2D eigenvalue weighted by molar-refractivity contribution is 0.153. The molecule has 0 unspecified atom stereocenters. The van der Waals surface area contributed by atoms with Crippen LogP contribution in [0.1, 0.15) is 37.4 Å². The highest BCUT2D eigenvalue weighted by molar-refractivity contribution is 5.30. The van der Waals surface area contributed by atoms with Crippen molar-refractivity contribution in [3.8, 4) is 0 Å². The third kappa shape index (κ3) is 3.77. The van der Waals surface area contributed by atoms with Crippen molar-refractivity contribution in [1.29, 1.82) is 0 Å². The number of halogens is 1. The van der Waals surface area contributed by atoms with Gasteiger partial charge in [0.05, 0.1) is 0 Å². The first-order valence-electron chi connectivity index (χ1n) is 7.28. The second kappa shape index (κ2) is 6.49. The van der Waals surface area contributed by atoms with Crippen LogP contribution < -0.4 is 5.32 Å². The third-order valence-corrected chi connectivity index (χ3v) is 3.89. The van der Waals surface area contributed by atoms with Crippen molar-refractivity contribution in [2.45, 2.75) is 33.2 Å². The summed E-state index contributed by atoms with van der Waals surface area (Å²) in [5.41, 5.74) is 2.36. The topological polar surface area (TPSA) is 15.3 Å². The maximum absolute atomic E-state index is 13.6. The summed E-state index contributed by atoms with van der Waals surface area (Å²) in [6, 6.07) is 5.53. The molecular formula is C16H25FN2. The molecule has 0 radical (unpaired) electrons. The standard InChI is InChI=1S/C16H25FN2/c1-12(2)10-16(19-8-6-18-7-9-19)15-11-14(17)5-4-13(15)3/h4-5,11-12,16,18H,6-10H2,1-3H3/t16-/m1/s1. The number of benzene rings is 1. The zero-order valence-electron chi connectivity index (χ0n) is 12.2. The Labute approximate surface area is 116 Å². The Kier molecular flexibility index (Phi) is 4.94. The number of nitrogens with one attached hydrogen (secondary N) is 1. The van der Waals surface area contributed by atoms with Crippen LogP contribution in [0, 0.1) is 18.7 Å². The minimum atomic E-state index is -0.121. The van der Waals surface area contributed by atoms with Crippen molar-refractivity contribution in [3.05, 3.63) is 35.1 Å². The Morgan fingerprint density at radius 2 is 1.95 bits per heavy atom. The third-order valence-electron chi connectivity index (χ3n) is 3.89. The molecule has 19 heavy (non-hydrogen) atoms. The van der Waals surface area contributed by atoms with E-state index in [9.17, 15) is 4.39 Å². The maximum atomic E-state index is 13.6. The van der Waals surface area contributed by atoms with E-state index < -0.39 is 0 Å². The molecule has 0 saturated carbocycles. The summed E-state index contributed by atoms with van der Waals surface area (Å²) in [5, 5.41) is 3.38. The first kappa shape index (κ1) is 14.5. The summed E-state index contributed by atoms with van der Waals surface area (Å²) in [4.78, 5) is 2.50. The molecule has 0 amide bonds. The van der Waals surface area contributed by atoms with Crippen LogP contribution in [0.2, 0.25) is 0 Å². The average molecular weight is 264 g/mol. The molecule has 2 nitrogen and oxygen atoms in total. The van der Waals surface area contributed by atoms with E-state index in [1.54, 1.807) is 12.1 Å². The fourth-order valence-corrected chi connectivity index (χ4v) is 2.88. The second-order valence-electron chi connectivity index (χ2n) is 5.93. The van der Waals surface area contributed by atoms with Crippen LogP contribution in [0.15, 0.2) is 18.2 Å². The van der Waals surface area contributed by atoms with Crippen molar-refractivity contribution >= 4 is 0 Å². The van der Waals surface area contributed by atoms with E-state index in [1.807, 2.05) is 6.07 Å². The van der Waals surface area contributed by atoms with E-state index in [4.69, 9.17) is 0 Å². The van der Waals surface area contributed by atoms with Gasteiger partial charge in [-0.15, -0.1) is 0 Å². The molecule has 1 heterocycles. The van der Waals surface area contributed by atoms with Gasteiger partial charge in [0.1, 0.15) is 5.82 Å². The van der Waals surface area contributed by atoms with E-state index in [1.165, 1.54) is 5.56 Å². The van der Waals surface area contributed by atoms with Gasteiger partial charge < -0.3 is 5.32 Å². The highest BCUT2D eigenvalue weighted by Gasteiger charge is 2.24. The SMILES string of the molecule is Cc1ccc(F)cc1[C@@H](CC(C)C)N1CCNCC1. The Morgan fingerprint density at radius 1 is 1.26 bits per heavy atom. The first-order valence-corrected chi connectivity index (χ1v) is 7.28. The Bertz CT molecular complexity index is 411. The minimum absolute atomic E-state index is 0.121. The largest absolute Gasteiger partial charge is 0.314 e. The van der Waals surface area contributed by atoms with E-state index in [2.05, 4.69) is 31.0 Å². The molecule has 1 aromatic rings. The van der Waals surface area contributed by atoms with E-state index in [0.29, 0.717) is 12.0 Å². The number of nitrogens with zero attached hydrogens (tertiary/aromatic N) is 1. The molecule has 1 atom stereocenters. The minimum Gasteiger partial charge on any atom is -0.314 e. The van der Waals surface area contributed by atoms with Crippen LogP contribution in [0.25, 0.3) is 0 Å². The summed E-state index contributed by atoms with van der Waals surface area (Å²) >= 11 is 0. The van der Waals surface area contributed by atoms with E-state index in [0.717, 1.165) is 38.2 Å². The highest BCUT2D eigenvalue weighted by Crippen LogP contribution is 2.30. The van der Waals surface area contributed by atoms with Crippen LogP contribution >= 0.6 is 0 Å². The maximum Gasteiger partial charge on any atom is 0.123 e. The lowest BCUT2D eigenvalue weighted by Crippen LogP contribution is -2.45. The molecule has 1 aliphatic heterocycles. The smallest absolute Gasteiger partial charge is 0.123 e. The molecule has 0 bridgehead atoms. The predicted molar refractivity (Wildman–Crippen MR) is 77.8 cm³/mol. The molecule has 1 aromatic carbocycles.